The van der Waals surface area contributed by atoms with Gasteiger partial charge in [-0.05, 0) is 52.3 Å². The van der Waals surface area contributed by atoms with Crippen LogP contribution in [0.25, 0.3) is 22.8 Å². The fourth-order valence-corrected chi connectivity index (χ4v) is 2.49. The molecule has 0 spiro atoms. The maximum atomic E-state index is 6.12. The molecule has 4 nitrogen and oxygen atoms in total. The van der Waals surface area contributed by atoms with Crippen LogP contribution >= 0.6 is 39.1 Å². The van der Waals surface area contributed by atoms with Gasteiger partial charge < -0.3 is 10.3 Å². The normalized spacial score (nSPS) is 10.8. The van der Waals surface area contributed by atoms with Crippen LogP contribution < -0.4 is 5.73 Å². The van der Waals surface area contributed by atoms with Crippen molar-refractivity contribution >= 4 is 44.8 Å². The number of hydrogen-bond acceptors (Lipinski definition) is 4. The molecule has 3 aromatic rings. The highest BCUT2D eigenvalue weighted by molar-refractivity contribution is 9.10. The molecule has 0 fully saturated rings. The minimum absolute atomic E-state index is 0.313. The van der Waals surface area contributed by atoms with E-state index in [0.29, 0.717) is 33.0 Å². The Morgan fingerprint density at radius 3 is 2.57 bits per heavy atom. The number of nitrogens with zero attached hydrogens (tertiary/aromatic N) is 2. The molecule has 106 valence electrons. The number of halogens is 3. The van der Waals surface area contributed by atoms with E-state index in [1.807, 2.05) is 12.1 Å². The van der Waals surface area contributed by atoms with Crippen LogP contribution in [0.15, 0.2) is 45.4 Å². The molecular weight excluding hydrogens is 377 g/mol. The summed E-state index contributed by atoms with van der Waals surface area (Å²) in [4.78, 5) is 4.34. The van der Waals surface area contributed by atoms with Crippen molar-refractivity contribution in [2.75, 3.05) is 5.73 Å². The first kappa shape index (κ1) is 14.4. The van der Waals surface area contributed by atoms with E-state index in [0.717, 1.165) is 10.0 Å². The van der Waals surface area contributed by atoms with Crippen LogP contribution in [0.2, 0.25) is 10.0 Å². The maximum absolute atomic E-state index is 6.12. The van der Waals surface area contributed by atoms with Gasteiger partial charge in [0.25, 0.3) is 5.89 Å². The van der Waals surface area contributed by atoms with E-state index in [9.17, 15) is 0 Å². The van der Waals surface area contributed by atoms with Crippen molar-refractivity contribution in [3.05, 3.63) is 50.9 Å². The molecule has 0 aliphatic heterocycles. The van der Waals surface area contributed by atoms with E-state index in [4.69, 9.17) is 33.5 Å². The molecule has 2 N–H and O–H groups in total. The highest BCUT2D eigenvalue weighted by Gasteiger charge is 2.14. The van der Waals surface area contributed by atoms with Gasteiger partial charge in [-0.1, -0.05) is 28.4 Å². The zero-order chi connectivity index (χ0) is 15.0. The molecule has 0 saturated carbocycles. The molecule has 1 heterocycles. The Kier molecular flexibility index (Phi) is 3.89. The lowest BCUT2D eigenvalue weighted by molar-refractivity contribution is 0.432. The first-order chi connectivity index (χ1) is 10.0. The molecule has 0 amide bonds. The summed E-state index contributed by atoms with van der Waals surface area (Å²) in [5.41, 5.74) is 7.70. The van der Waals surface area contributed by atoms with E-state index >= 15 is 0 Å². The van der Waals surface area contributed by atoms with E-state index in [1.54, 1.807) is 24.3 Å². The number of nitrogens with two attached hydrogens (primary N) is 1. The Hall–Kier alpha value is -1.56. The standard InChI is InChI=1S/C14H8BrCl2N3O/c15-10-5-7(1-3-12(10)17)13-19-14(21-20-13)9-6-8(18)2-4-11(9)16/h1-6H,18H2. The molecule has 0 aliphatic carbocycles. The van der Waals surface area contributed by atoms with Crippen molar-refractivity contribution in [2.24, 2.45) is 0 Å². The Balaban J connectivity index is 2.03. The highest BCUT2D eigenvalue weighted by atomic mass is 79.9. The Morgan fingerprint density at radius 1 is 1.05 bits per heavy atom. The second kappa shape index (κ2) is 5.67. The van der Waals surface area contributed by atoms with E-state index in [2.05, 4.69) is 26.1 Å². The summed E-state index contributed by atoms with van der Waals surface area (Å²) >= 11 is 15.4. The summed E-state index contributed by atoms with van der Waals surface area (Å²) in [6, 6.07) is 10.5. The first-order valence-corrected chi connectivity index (χ1v) is 7.44. The third kappa shape index (κ3) is 2.90. The van der Waals surface area contributed by atoms with Gasteiger partial charge in [-0.25, -0.2) is 0 Å². The lowest BCUT2D eigenvalue weighted by atomic mass is 10.2. The third-order valence-corrected chi connectivity index (χ3v) is 4.37. The number of hydrogen-bond donors (Lipinski definition) is 1. The summed E-state index contributed by atoms with van der Waals surface area (Å²) in [5.74, 6) is 0.759. The fraction of sp³-hybridized carbons (Fsp3) is 0. The van der Waals surface area contributed by atoms with Crippen molar-refractivity contribution in [2.45, 2.75) is 0 Å². The summed E-state index contributed by atoms with van der Waals surface area (Å²) < 4.78 is 6.02. The fourth-order valence-electron chi connectivity index (χ4n) is 1.79. The van der Waals surface area contributed by atoms with Crippen molar-refractivity contribution < 1.29 is 4.52 Å². The SMILES string of the molecule is Nc1ccc(Cl)c(-c2nc(-c3ccc(Cl)c(Br)c3)no2)c1. The van der Waals surface area contributed by atoms with E-state index < -0.39 is 0 Å². The van der Waals surface area contributed by atoms with Crippen LogP contribution in [-0.2, 0) is 0 Å². The minimum atomic E-state index is 0.313. The van der Waals surface area contributed by atoms with Gasteiger partial charge in [0.1, 0.15) is 0 Å². The van der Waals surface area contributed by atoms with Crippen LogP contribution in [0.5, 0.6) is 0 Å². The van der Waals surface area contributed by atoms with Gasteiger partial charge in [-0.15, -0.1) is 0 Å². The average Bonchev–Trinajstić information content (AvgIpc) is 2.94. The van der Waals surface area contributed by atoms with Gasteiger partial charge in [-0.2, -0.15) is 4.98 Å². The van der Waals surface area contributed by atoms with Crippen molar-refractivity contribution in [3.8, 4) is 22.8 Å². The smallest absolute Gasteiger partial charge is 0.259 e. The predicted octanol–water partition coefficient (Wildman–Crippen LogP) is 5.06. The molecule has 0 saturated heterocycles. The monoisotopic (exact) mass is 383 g/mol. The van der Waals surface area contributed by atoms with Crippen molar-refractivity contribution in [3.63, 3.8) is 0 Å². The van der Waals surface area contributed by atoms with Gasteiger partial charge >= 0.3 is 0 Å². The Bertz CT molecular complexity index is 820. The van der Waals surface area contributed by atoms with Crippen molar-refractivity contribution in [1.82, 2.24) is 10.1 Å². The maximum Gasteiger partial charge on any atom is 0.259 e. The van der Waals surface area contributed by atoms with Gasteiger partial charge in [0.15, 0.2) is 0 Å². The second-order valence-corrected chi connectivity index (χ2v) is 5.96. The average molecular weight is 385 g/mol. The second-order valence-electron chi connectivity index (χ2n) is 4.29. The lowest BCUT2D eigenvalue weighted by Crippen LogP contribution is -1.87. The van der Waals surface area contributed by atoms with Gasteiger partial charge in [0.05, 0.1) is 15.6 Å². The number of benzene rings is 2. The van der Waals surface area contributed by atoms with Crippen LogP contribution in [0.3, 0.4) is 0 Å². The largest absolute Gasteiger partial charge is 0.399 e. The van der Waals surface area contributed by atoms with Gasteiger partial charge in [0.2, 0.25) is 5.82 Å². The van der Waals surface area contributed by atoms with Crippen LogP contribution in [0, 0.1) is 0 Å². The number of nitrogen functional groups attached to an aromatic ring is 1. The van der Waals surface area contributed by atoms with E-state index in [-0.39, 0.29) is 0 Å². The molecule has 1 aromatic heterocycles. The van der Waals surface area contributed by atoms with Crippen LogP contribution in [0.4, 0.5) is 5.69 Å². The molecule has 0 bridgehead atoms. The number of anilines is 1. The molecule has 21 heavy (non-hydrogen) atoms. The summed E-state index contributed by atoms with van der Waals surface area (Å²) in [6.45, 7) is 0. The minimum Gasteiger partial charge on any atom is -0.399 e. The lowest BCUT2D eigenvalue weighted by Gasteiger charge is -2.00. The molecule has 0 atom stereocenters. The Morgan fingerprint density at radius 2 is 1.81 bits per heavy atom. The van der Waals surface area contributed by atoms with Crippen molar-refractivity contribution in [1.29, 1.82) is 0 Å². The molecule has 7 heteroatoms. The molecule has 0 aliphatic rings. The number of rotatable bonds is 2. The van der Waals surface area contributed by atoms with Crippen LogP contribution in [0.1, 0.15) is 0 Å². The summed E-state index contributed by atoms with van der Waals surface area (Å²) in [6.07, 6.45) is 0. The van der Waals surface area contributed by atoms with Gasteiger partial charge in [-0.3, -0.25) is 0 Å². The molecule has 3 rings (SSSR count). The topological polar surface area (TPSA) is 64.9 Å². The summed E-state index contributed by atoms with van der Waals surface area (Å²) in [5, 5.41) is 5.06. The zero-order valence-corrected chi connectivity index (χ0v) is 13.6. The molecule has 0 radical (unpaired) electrons. The third-order valence-electron chi connectivity index (χ3n) is 2.82. The highest BCUT2D eigenvalue weighted by Crippen LogP contribution is 2.31. The molecule has 0 unspecified atom stereocenters. The Labute approximate surface area is 139 Å². The zero-order valence-electron chi connectivity index (χ0n) is 10.5. The predicted molar refractivity (Wildman–Crippen MR) is 87.3 cm³/mol. The van der Waals surface area contributed by atoms with E-state index in [1.165, 1.54) is 0 Å². The van der Waals surface area contributed by atoms with Gasteiger partial charge in [0, 0.05) is 15.7 Å². The quantitative estimate of drug-likeness (QED) is 0.627. The first-order valence-electron chi connectivity index (χ1n) is 5.89. The molecule has 2 aromatic carbocycles. The molecular formula is C14H8BrCl2N3O. The number of aromatic nitrogens is 2. The van der Waals surface area contributed by atoms with Crippen LogP contribution in [-0.4, -0.2) is 10.1 Å². The summed E-state index contributed by atoms with van der Waals surface area (Å²) in [7, 11) is 0.